The molecule has 156 valence electrons. The maximum Gasteiger partial charge on any atom is 0.251 e. The summed E-state index contributed by atoms with van der Waals surface area (Å²) in [7, 11) is 0. The van der Waals surface area contributed by atoms with E-state index in [1.807, 2.05) is 19.1 Å². The van der Waals surface area contributed by atoms with Gasteiger partial charge in [-0.3, -0.25) is 9.59 Å². The van der Waals surface area contributed by atoms with E-state index in [1.54, 1.807) is 6.07 Å². The first-order valence-electron chi connectivity index (χ1n) is 10.4. The van der Waals surface area contributed by atoms with Gasteiger partial charge in [0, 0.05) is 23.7 Å². The molecular formula is C22H34ClN3O2. The lowest BCUT2D eigenvalue weighted by Gasteiger charge is -2.35. The average Bonchev–Trinajstić information content (AvgIpc) is 3.17. The SMILES string of the molecule is Cc1cc(C(=O)NC2CCCC2)ccc1NC(=O)CC1(CN)CCCCC1.Cl. The van der Waals surface area contributed by atoms with Crippen LogP contribution >= 0.6 is 12.4 Å². The molecule has 0 heterocycles. The summed E-state index contributed by atoms with van der Waals surface area (Å²) in [6, 6.07) is 5.80. The van der Waals surface area contributed by atoms with Crippen LogP contribution in [0.1, 0.15) is 80.1 Å². The molecule has 0 spiro atoms. The number of amides is 2. The molecule has 2 fully saturated rings. The minimum atomic E-state index is -0.0443. The Morgan fingerprint density at radius 2 is 1.79 bits per heavy atom. The number of nitrogens with one attached hydrogen (secondary N) is 2. The summed E-state index contributed by atoms with van der Waals surface area (Å²) in [5.74, 6) is 0.000717. The van der Waals surface area contributed by atoms with Crippen molar-refractivity contribution in [3.63, 3.8) is 0 Å². The van der Waals surface area contributed by atoms with Crippen LogP contribution in [0.4, 0.5) is 5.69 Å². The number of hydrogen-bond acceptors (Lipinski definition) is 3. The quantitative estimate of drug-likeness (QED) is 0.656. The molecular weight excluding hydrogens is 374 g/mol. The molecule has 3 rings (SSSR count). The van der Waals surface area contributed by atoms with E-state index >= 15 is 0 Å². The van der Waals surface area contributed by atoms with E-state index in [1.165, 1.54) is 19.3 Å². The fourth-order valence-electron chi connectivity index (χ4n) is 4.57. The Balaban J connectivity index is 0.00000280. The summed E-state index contributed by atoms with van der Waals surface area (Å²) in [4.78, 5) is 25.0. The van der Waals surface area contributed by atoms with Gasteiger partial charge < -0.3 is 16.4 Å². The third-order valence-electron chi connectivity index (χ3n) is 6.34. The highest BCUT2D eigenvalue weighted by molar-refractivity contribution is 5.96. The van der Waals surface area contributed by atoms with E-state index in [9.17, 15) is 9.59 Å². The second kappa shape index (κ2) is 10.3. The van der Waals surface area contributed by atoms with E-state index in [-0.39, 0.29) is 29.6 Å². The van der Waals surface area contributed by atoms with Crippen LogP contribution in [-0.2, 0) is 4.79 Å². The van der Waals surface area contributed by atoms with Gasteiger partial charge in [0.15, 0.2) is 0 Å². The smallest absolute Gasteiger partial charge is 0.251 e. The first-order chi connectivity index (χ1) is 13.0. The van der Waals surface area contributed by atoms with E-state index in [4.69, 9.17) is 5.73 Å². The lowest BCUT2D eigenvalue weighted by Crippen LogP contribution is -2.36. The van der Waals surface area contributed by atoms with Crippen LogP contribution in [0, 0.1) is 12.3 Å². The van der Waals surface area contributed by atoms with E-state index in [2.05, 4.69) is 10.6 Å². The van der Waals surface area contributed by atoms with Crippen LogP contribution in [0.3, 0.4) is 0 Å². The number of halogens is 1. The predicted octanol–water partition coefficient (Wildman–Crippen LogP) is 4.33. The lowest BCUT2D eigenvalue weighted by molar-refractivity contribution is -0.118. The first kappa shape index (κ1) is 22.7. The molecule has 1 aromatic carbocycles. The van der Waals surface area contributed by atoms with Crippen molar-refractivity contribution >= 4 is 29.9 Å². The number of rotatable bonds is 6. The first-order valence-corrected chi connectivity index (χ1v) is 10.4. The third-order valence-corrected chi connectivity index (χ3v) is 6.34. The van der Waals surface area contributed by atoms with E-state index in [0.29, 0.717) is 24.6 Å². The number of anilines is 1. The van der Waals surface area contributed by atoms with Crippen LogP contribution in [-0.4, -0.2) is 24.4 Å². The number of hydrogen-bond donors (Lipinski definition) is 3. The maximum atomic E-state index is 12.6. The lowest BCUT2D eigenvalue weighted by atomic mass is 9.71. The molecule has 0 saturated heterocycles. The number of nitrogens with two attached hydrogens (primary N) is 1. The highest BCUT2D eigenvalue weighted by atomic mass is 35.5. The van der Waals surface area contributed by atoms with Crippen LogP contribution in [0.2, 0.25) is 0 Å². The largest absolute Gasteiger partial charge is 0.349 e. The molecule has 0 radical (unpaired) electrons. The summed E-state index contributed by atoms with van der Waals surface area (Å²) >= 11 is 0. The molecule has 6 heteroatoms. The van der Waals surface area contributed by atoms with Gasteiger partial charge in [-0.25, -0.2) is 0 Å². The second-order valence-electron chi connectivity index (χ2n) is 8.47. The van der Waals surface area contributed by atoms with Crippen LogP contribution in [0.15, 0.2) is 18.2 Å². The van der Waals surface area contributed by atoms with Gasteiger partial charge in [-0.2, -0.15) is 0 Å². The number of benzene rings is 1. The summed E-state index contributed by atoms with van der Waals surface area (Å²) in [5.41, 5.74) is 8.31. The van der Waals surface area contributed by atoms with Crippen molar-refractivity contribution < 1.29 is 9.59 Å². The zero-order chi connectivity index (χ0) is 19.3. The molecule has 4 N–H and O–H groups in total. The van der Waals surface area contributed by atoms with Crippen LogP contribution in [0.25, 0.3) is 0 Å². The summed E-state index contributed by atoms with van der Waals surface area (Å²) in [6.45, 7) is 2.50. The summed E-state index contributed by atoms with van der Waals surface area (Å²) < 4.78 is 0. The standard InChI is InChI=1S/C22H33N3O2.ClH/c1-16-13-17(21(27)24-18-7-3-4-8-18)9-10-19(16)25-20(26)14-22(15-23)11-5-2-6-12-22;/h9-10,13,18H,2-8,11-12,14-15,23H2,1H3,(H,24,27)(H,25,26);1H. The Morgan fingerprint density at radius 3 is 2.39 bits per heavy atom. The predicted molar refractivity (Wildman–Crippen MR) is 116 cm³/mol. The van der Waals surface area contributed by atoms with Gasteiger partial charge >= 0.3 is 0 Å². The van der Waals surface area contributed by atoms with Gasteiger partial charge in [0.1, 0.15) is 0 Å². The van der Waals surface area contributed by atoms with Gasteiger partial charge in [0.05, 0.1) is 0 Å². The molecule has 2 aliphatic rings. The van der Waals surface area contributed by atoms with Crippen molar-refractivity contribution in [1.29, 1.82) is 0 Å². The number of carbonyl (C=O) groups excluding carboxylic acids is 2. The molecule has 2 aliphatic carbocycles. The zero-order valence-electron chi connectivity index (χ0n) is 16.9. The average molecular weight is 408 g/mol. The summed E-state index contributed by atoms with van der Waals surface area (Å²) in [6.07, 6.45) is 10.6. The molecule has 0 atom stereocenters. The van der Waals surface area contributed by atoms with Gasteiger partial charge in [0.2, 0.25) is 5.91 Å². The molecule has 5 nitrogen and oxygen atoms in total. The molecule has 0 aromatic heterocycles. The van der Waals surface area contributed by atoms with E-state index < -0.39 is 0 Å². The highest BCUT2D eigenvalue weighted by Gasteiger charge is 2.33. The fourth-order valence-corrected chi connectivity index (χ4v) is 4.57. The Hall–Kier alpha value is -1.59. The van der Waals surface area contributed by atoms with Crippen molar-refractivity contribution in [2.24, 2.45) is 11.1 Å². The van der Waals surface area contributed by atoms with Crippen molar-refractivity contribution in [2.75, 3.05) is 11.9 Å². The highest BCUT2D eigenvalue weighted by Crippen LogP contribution is 2.38. The molecule has 0 aliphatic heterocycles. The van der Waals surface area contributed by atoms with E-state index in [0.717, 1.165) is 49.8 Å². The second-order valence-corrected chi connectivity index (χ2v) is 8.47. The fraction of sp³-hybridized carbons (Fsp3) is 0.636. The minimum absolute atomic E-state index is 0. The molecule has 28 heavy (non-hydrogen) atoms. The van der Waals surface area contributed by atoms with Gasteiger partial charge in [0.25, 0.3) is 5.91 Å². The van der Waals surface area contributed by atoms with Gasteiger partial charge in [-0.15, -0.1) is 12.4 Å². The summed E-state index contributed by atoms with van der Waals surface area (Å²) in [5, 5.41) is 6.14. The van der Waals surface area contributed by atoms with Crippen molar-refractivity contribution in [3.05, 3.63) is 29.3 Å². The van der Waals surface area contributed by atoms with Crippen molar-refractivity contribution in [1.82, 2.24) is 5.32 Å². The number of aryl methyl sites for hydroxylation is 1. The molecule has 0 bridgehead atoms. The molecule has 1 aromatic rings. The van der Waals surface area contributed by atoms with Crippen molar-refractivity contribution in [3.8, 4) is 0 Å². The molecule has 0 unspecified atom stereocenters. The molecule has 2 amide bonds. The normalized spacial score (nSPS) is 18.9. The minimum Gasteiger partial charge on any atom is -0.349 e. The number of carbonyl (C=O) groups is 2. The van der Waals surface area contributed by atoms with Crippen LogP contribution < -0.4 is 16.4 Å². The Labute approximate surface area is 174 Å². The van der Waals surface area contributed by atoms with Gasteiger partial charge in [-0.1, -0.05) is 32.1 Å². The topological polar surface area (TPSA) is 84.2 Å². The third kappa shape index (κ3) is 5.71. The monoisotopic (exact) mass is 407 g/mol. The van der Waals surface area contributed by atoms with Crippen LogP contribution in [0.5, 0.6) is 0 Å². The van der Waals surface area contributed by atoms with Gasteiger partial charge in [-0.05, 0) is 68.3 Å². The Bertz CT molecular complexity index is 680. The maximum absolute atomic E-state index is 12.6. The zero-order valence-corrected chi connectivity index (χ0v) is 17.7. The Kier molecular flexibility index (Phi) is 8.32. The Morgan fingerprint density at radius 1 is 1.11 bits per heavy atom. The molecule has 2 saturated carbocycles. The van der Waals surface area contributed by atoms with Crippen molar-refractivity contribution in [2.45, 2.75) is 77.2 Å².